The number of rotatable bonds is 1. The summed E-state index contributed by atoms with van der Waals surface area (Å²) in [6.07, 6.45) is 5.46. The van der Waals surface area contributed by atoms with Gasteiger partial charge in [0.2, 0.25) is 0 Å². The van der Waals surface area contributed by atoms with Gasteiger partial charge in [0.1, 0.15) is 0 Å². The van der Waals surface area contributed by atoms with Crippen LogP contribution in [0.5, 0.6) is 0 Å². The Balaban J connectivity index is 2.48. The Bertz CT molecular complexity index is 365. The molecule has 3 heteroatoms. The first-order chi connectivity index (χ1) is 5.86. The van der Waals surface area contributed by atoms with Crippen molar-refractivity contribution in [3.63, 3.8) is 0 Å². The molecule has 0 fully saturated rings. The van der Waals surface area contributed by atoms with Crippen LogP contribution in [-0.2, 0) is 0 Å². The summed E-state index contributed by atoms with van der Waals surface area (Å²) < 4.78 is 0. The van der Waals surface area contributed by atoms with Crippen LogP contribution in [0.15, 0.2) is 36.8 Å². The number of nitrogens with one attached hydrogen (secondary N) is 1. The second-order valence-corrected chi connectivity index (χ2v) is 2.57. The lowest BCUT2D eigenvalue weighted by molar-refractivity contribution is 1.33. The molecule has 2 rings (SSSR count). The van der Waals surface area contributed by atoms with Gasteiger partial charge < -0.3 is 10.7 Å². The Morgan fingerprint density at radius 1 is 1.33 bits per heavy atom. The molecule has 0 aliphatic carbocycles. The molecule has 0 saturated heterocycles. The van der Waals surface area contributed by atoms with Gasteiger partial charge in [0.05, 0.1) is 5.69 Å². The van der Waals surface area contributed by atoms with Crippen molar-refractivity contribution in [2.45, 2.75) is 0 Å². The van der Waals surface area contributed by atoms with Crippen LogP contribution < -0.4 is 5.73 Å². The molecule has 0 aliphatic heterocycles. The number of nitrogens with zero attached hydrogens (tertiary/aromatic N) is 1. The summed E-state index contributed by atoms with van der Waals surface area (Å²) in [5.41, 5.74) is 8.31. The molecule has 0 radical (unpaired) electrons. The molecule has 0 bridgehead atoms. The molecular weight excluding hydrogens is 150 g/mol. The number of aromatic nitrogens is 2. The van der Waals surface area contributed by atoms with Gasteiger partial charge in [-0.05, 0) is 18.2 Å². The van der Waals surface area contributed by atoms with E-state index in [-0.39, 0.29) is 0 Å². The van der Waals surface area contributed by atoms with Gasteiger partial charge in [0.15, 0.2) is 0 Å². The second-order valence-electron chi connectivity index (χ2n) is 2.57. The average molecular weight is 159 g/mol. The van der Waals surface area contributed by atoms with E-state index in [1.54, 1.807) is 12.3 Å². The van der Waals surface area contributed by atoms with Crippen LogP contribution in [0, 0.1) is 0 Å². The molecule has 12 heavy (non-hydrogen) atoms. The van der Waals surface area contributed by atoms with Gasteiger partial charge in [0.25, 0.3) is 0 Å². The third-order valence-corrected chi connectivity index (χ3v) is 1.68. The van der Waals surface area contributed by atoms with Gasteiger partial charge >= 0.3 is 0 Å². The van der Waals surface area contributed by atoms with Gasteiger partial charge in [-0.25, -0.2) is 0 Å². The quantitative estimate of drug-likeness (QED) is 0.664. The number of anilines is 1. The Morgan fingerprint density at radius 3 is 2.92 bits per heavy atom. The number of nitrogens with two attached hydrogens (primary N) is 1. The van der Waals surface area contributed by atoms with Crippen LogP contribution in [0.1, 0.15) is 0 Å². The normalized spacial score (nSPS) is 10.0. The third-order valence-electron chi connectivity index (χ3n) is 1.68. The number of pyridine rings is 1. The molecule has 2 aromatic heterocycles. The first-order valence-corrected chi connectivity index (χ1v) is 3.71. The fourth-order valence-electron chi connectivity index (χ4n) is 1.09. The highest BCUT2D eigenvalue weighted by atomic mass is 14.7. The van der Waals surface area contributed by atoms with E-state index in [0.29, 0.717) is 0 Å². The van der Waals surface area contributed by atoms with E-state index in [1.165, 1.54) is 0 Å². The van der Waals surface area contributed by atoms with Crippen molar-refractivity contribution in [2.75, 3.05) is 5.73 Å². The lowest BCUT2D eigenvalue weighted by Gasteiger charge is -1.96. The number of hydrogen-bond acceptors (Lipinski definition) is 2. The molecule has 0 spiro atoms. The van der Waals surface area contributed by atoms with Crippen molar-refractivity contribution in [1.29, 1.82) is 0 Å². The first kappa shape index (κ1) is 6.91. The molecular formula is C9H9N3. The zero-order valence-corrected chi connectivity index (χ0v) is 6.49. The van der Waals surface area contributed by atoms with Crippen molar-refractivity contribution >= 4 is 5.69 Å². The Hall–Kier alpha value is -1.77. The van der Waals surface area contributed by atoms with E-state index in [9.17, 15) is 0 Å². The topological polar surface area (TPSA) is 54.7 Å². The Labute approximate surface area is 70.3 Å². The van der Waals surface area contributed by atoms with Crippen LogP contribution >= 0.6 is 0 Å². The van der Waals surface area contributed by atoms with Crippen LogP contribution in [0.2, 0.25) is 0 Å². The van der Waals surface area contributed by atoms with Crippen molar-refractivity contribution in [2.24, 2.45) is 0 Å². The van der Waals surface area contributed by atoms with Crippen LogP contribution in [0.4, 0.5) is 5.69 Å². The summed E-state index contributed by atoms with van der Waals surface area (Å²) in [5.74, 6) is 0. The average Bonchev–Trinajstić information content (AvgIpc) is 2.56. The molecule has 3 nitrogen and oxygen atoms in total. The smallest absolute Gasteiger partial charge is 0.0737 e. The van der Waals surface area contributed by atoms with E-state index >= 15 is 0 Å². The van der Waals surface area contributed by atoms with Gasteiger partial charge in [-0.2, -0.15) is 0 Å². The summed E-state index contributed by atoms with van der Waals surface area (Å²) in [5, 5.41) is 0. The molecule has 0 atom stereocenters. The molecule has 0 aliphatic rings. The predicted molar refractivity (Wildman–Crippen MR) is 48.4 cm³/mol. The maximum Gasteiger partial charge on any atom is 0.0737 e. The Morgan fingerprint density at radius 2 is 2.25 bits per heavy atom. The number of nitrogen functional groups attached to an aromatic ring is 1. The minimum absolute atomic E-state index is 0.737. The molecule has 0 aromatic carbocycles. The molecule has 0 unspecified atom stereocenters. The highest BCUT2D eigenvalue weighted by Gasteiger charge is 1.97. The van der Waals surface area contributed by atoms with E-state index < -0.39 is 0 Å². The fraction of sp³-hybridized carbons (Fsp3) is 0. The van der Waals surface area contributed by atoms with E-state index in [4.69, 9.17) is 5.73 Å². The monoisotopic (exact) mass is 159 g/mol. The van der Waals surface area contributed by atoms with Crippen molar-refractivity contribution < 1.29 is 0 Å². The highest BCUT2D eigenvalue weighted by Crippen LogP contribution is 2.17. The van der Waals surface area contributed by atoms with Crippen molar-refractivity contribution in [3.05, 3.63) is 36.8 Å². The summed E-state index contributed by atoms with van der Waals surface area (Å²) >= 11 is 0. The minimum Gasteiger partial charge on any atom is -0.399 e. The molecule has 2 aromatic rings. The molecule has 0 amide bonds. The fourth-order valence-corrected chi connectivity index (χ4v) is 1.09. The maximum absolute atomic E-state index is 5.61. The minimum atomic E-state index is 0.737. The molecule has 60 valence electrons. The van der Waals surface area contributed by atoms with Crippen LogP contribution in [-0.4, -0.2) is 9.97 Å². The Kier molecular flexibility index (Phi) is 1.55. The van der Waals surface area contributed by atoms with E-state index in [0.717, 1.165) is 16.9 Å². The predicted octanol–water partition coefficient (Wildman–Crippen LogP) is 1.66. The summed E-state index contributed by atoms with van der Waals surface area (Å²) in [6, 6.07) is 5.58. The van der Waals surface area contributed by atoms with Crippen LogP contribution in [0.3, 0.4) is 0 Å². The summed E-state index contributed by atoms with van der Waals surface area (Å²) in [7, 11) is 0. The summed E-state index contributed by atoms with van der Waals surface area (Å²) in [6.45, 7) is 0. The number of aromatic amines is 1. The zero-order chi connectivity index (χ0) is 8.39. The summed E-state index contributed by atoms with van der Waals surface area (Å²) in [4.78, 5) is 7.15. The highest BCUT2D eigenvalue weighted by molar-refractivity contribution is 5.61. The molecule has 3 N–H and O–H groups in total. The molecule has 2 heterocycles. The van der Waals surface area contributed by atoms with Crippen molar-refractivity contribution in [3.8, 4) is 11.3 Å². The standard InChI is InChI=1S/C9H9N3/c10-8-2-4-12-9(5-8)7-1-3-11-6-7/h1-6,11H,(H2,10,12). The number of H-pyrrole nitrogens is 1. The van der Waals surface area contributed by atoms with Crippen LogP contribution in [0.25, 0.3) is 11.3 Å². The van der Waals surface area contributed by atoms with Crippen molar-refractivity contribution in [1.82, 2.24) is 9.97 Å². The lowest BCUT2D eigenvalue weighted by atomic mass is 10.2. The van der Waals surface area contributed by atoms with E-state index in [1.807, 2.05) is 24.5 Å². The van der Waals surface area contributed by atoms with Gasteiger partial charge in [-0.15, -0.1) is 0 Å². The third kappa shape index (κ3) is 1.16. The first-order valence-electron chi connectivity index (χ1n) is 3.71. The largest absolute Gasteiger partial charge is 0.399 e. The van der Waals surface area contributed by atoms with E-state index in [2.05, 4.69) is 9.97 Å². The second kappa shape index (κ2) is 2.70. The number of hydrogen-bond donors (Lipinski definition) is 2. The SMILES string of the molecule is Nc1ccnc(-c2cc[nH]c2)c1. The zero-order valence-electron chi connectivity index (χ0n) is 6.49. The van der Waals surface area contributed by atoms with Gasteiger partial charge in [0, 0.05) is 29.8 Å². The molecule has 0 saturated carbocycles. The lowest BCUT2D eigenvalue weighted by Crippen LogP contribution is -1.86. The maximum atomic E-state index is 5.61. The van der Waals surface area contributed by atoms with Gasteiger partial charge in [-0.3, -0.25) is 4.98 Å². The van der Waals surface area contributed by atoms with Gasteiger partial charge in [-0.1, -0.05) is 0 Å².